The van der Waals surface area contributed by atoms with Crippen molar-refractivity contribution in [3.63, 3.8) is 0 Å². The fraction of sp³-hybridized carbons (Fsp3) is 0.625. The molecule has 0 saturated carbocycles. The molecule has 1 N–H and O–H groups in total. The molecule has 0 aliphatic carbocycles. The molecule has 5 heteroatoms. The number of likely N-dealkylation sites (N-methyl/N-ethyl adjacent to an activating group) is 1. The van der Waals surface area contributed by atoms with Crippen LogP contribution in [0, 0.1) is 5.82 Å². The second-order valence-corrected chi connectivity index (χ2v) is 5.21. The average Bonchev–Trinajstić information content (AvgIpc) is 2.52. The molecule has 1 fully saturated rings. The number of hydrogen-bond acceptors (Lipinski definition) is 4. The number of benzene rings is 1. The first-order valence-corrected chi connectivity index (χ1v) is 7.69. The fourth-order valence-electron chi connectivity index (χ4n) is 2.46. The van der Waals surface area contributed by atoms with Crippen LogP contribution in [-0.4, -0.2) is 50.4 Å². The van der Waals surface area contributed by atoms with E-state index in [9.17, 15) is 4.39 Å². The minimum atomic E-state index is -0.312. The average molecular weight is 296 g/mol. The van der Waals surface area contributed by atoms with E-state index in [2.05, 4.69) is 17.1 Å². The Morgan fingerprint density at radius 1 is 1.43 bits per heavy atom. The van der Waals surface area contributed by atoms with Crippen molar-refractivity contribution < 1.29 is 13.9 Å². The molecule has 0 amide bonds. The van der Waals surface area contributed by atoms with Gasteiger partial charge >= 0.3 is 0 Å². The molecule has 1 saturated heterocycles. The first-order chi connectivity index (χ1) is 10.2. The zero-order chi connectivity index (χ0) is 15.1. The normalized spacial score (nSPS) is 19.7. The quantitative estimate of drug-likeness (QED) is 0.835. The van der Waals surface area contributed by atoms with Crippen LogP contribution in [0.15, 0.2) is 18.2 Å². The Bertz CT molecular complexity index is 442. The molecule has 0 radical (unpaired) electrons. The third-order valence-corrected chi connectivity index (χ3v) is 3.70. The molecule has 1 aromatic carbocycles. The fourth-order valence-corrected chi connectivity index (χ4v) is 2.46. The smallest absolute Gasteiger partial charge is 0.165 e. The number of ether oxygens (including phenoxy) is 2. The van der Waals surface area contributed by atoms with Crippen molar-refractivity contribution in [3.8, 4) is 5.75 Å². The molecule has 0 spiro atoms. The number of rotatable bonds is 7. The maximum absolute atomic E-state index is 14.0. The standard InChI is InChI=1S/C16H25FN2O2/c1-3-18-10-13-6-5-7-15(17)16(13)21-12-14-11-19(4-2)8-9-20-14/h5-7,14,18H,3-4,8-12H2,1-2H3. The van der Waals surface area contributed by atoms with Crippen LogP contribution >= 0.6 is 0 Å². The third-order valence-electron chi connectivity index (χ3n) is 3.70. The van der Waals surface area contributed by atoms with E-state index in [0.717, 1.165) is 31.7 Å². The van der Waals surface area contributed by atoms with E-state index >= 15 is 0 Å². The lowest BCUT2D eigenvalue weighted by Crippen LogP contribution is -2.44. The highest BCUT2D eigenvalue weighted by molar-refractivity contribution is 5.35. The van der Waals surface area contributed by atoms with Crippen LogP contribution in [0.5, 0.6) is 5.75 Å². The molecule has 0 aromatic heterocycles. The summed E-state index contributed by atoms with van der Waals surface area (Å²) in [6, 6.07) is 5.04. The van der Waals surface area contributed by atoms with Gasteiger partial charge in [0.25, 0.3) is 0 Å². The van der Waals surface area contributed by atoms with E-state index in [1.165, 1.54) is 6.07 Å². The van der Waals surface area contributed by atoms with Gasteiger partial charge in [-0.1, -0.05) is 26.0 Å². The molecule has 1 heterocycles. The number of nitrogens with one attached hydrogen (secondary N) is 1. The van der Waals surface area contributed by atoms with Crippen molar-refractivity contribution in [2.75, 3.05) is 39.4 Å². The van der Waals surface area contributed by atoms with E-state index in [0.29, 0.717) is 25.5 Å². The van der Waals surface area contributed by atoms with Gasteiger partial charge in [-0.25, -0.2) is 4.39 Å². The summed E-state index contributed by atoms with van der Waals surface area (Å²) in [5, 5.41) is 3.20. The molecule has 1 atom stereocenters. The van der Waals surface area contributed by atoms with Crippen LogP contribution in [0.4, 0.5) is 4.39 Å². The van der Waals surface area contributed by atoms with Gasteiger partial charge in [0, 0.05) is 25.2 Å². The second-order valence-electron chi connectivity index (χ2n) is 5.21. The Morgan fingerprint density at radius 3 is 3.05 bits per heavy atom. The summed E-state index contributed by atoms with van der Waals surface area (Å²) < 4.78 is 25.4. The summed E-state index contributed by atoms with van der Waals surface area (Å²) >= 11 is 0. The van der Waals surface area contributed by atoms with Crippen LogP contribution in [0.3, 0.4) is 0 Å². The maximum Gasteiger partial charge on any atom is 0.165 e. The SMILES string of the molecule is CCNCc1cccc(F)c1OCC1CN(CC)CCO1. The van der Waals surface area contributed by atoms with Crippen LogP contribution in [-0.2, 0) is 11.3 Å². The molecule has 4 nitrogen and oxygen atoms in total. The van der Waals surface area contributed by atoms with Crippen molar-refractivity contribution in [1.82, 2.24) is 10.2 Å². The van der Waals surface area contributed by atoms with E-state index in [4.69, 9.17) is 9.47 Å². The Labute approximate surface area is 126 Å². The molecule has 21 heavy (non-hydrogen) atoms. The van der Waals surface area contributed by atoms with Crippen LogP contribution < -0.4 is 10.1 Å². The Morgan fingerprint density at radius 2 is 2.29 bits per heavy atom. The summed E-state index contributed by atoms with van der Waals surface area (Å²) in [5.74, 6) is 0.0317. The number of hydrogen-bond donors (Lipinski definition) is 1. The summed E-state index contributed by atoms with van der Waals surface area (Å²) in [6.07, 6.45) is 0.00490. The van der Waals surface area contributed by atoms with Crippen molar-refractivity contribution in [1.29, 1.82) is 0 Å². The van der Waals surface area contributed by atoms with Crippen molar-refractivity contribution >= 4 is 0 Å². The summed E-state index contributed by atoms with van der Waals surface area (Å²) in [5.41, 5.74) is 0.847. The van der Waals surface area contributed by atoms with Gasteiger partial charge in [0.05, 0.1) is 6.61 Å². The molecule has 1 aromatic rings. The molecular formula is C16H25FN2O2. The van der Waals surface area contributed by atoms with Crippen LogP contribution in [0.25, 0.3) is 0 Å². The van der Waals surface area contributed by atoms with Crippen molar-refractivity contribution in [2.45, 2.75) is 26.5 Å². The monoisotopic (exact) mass is 296 g/mol. The Balaban J connectivity index is 1.95. The van der Waals surface area contributed by atoms with Gasteiger partial charge in [-0.2, -0.15) is 0 Å². The topological polar surface area (TPSA) is 33.7 Å². The Kier molecular flexibility index (Phi) is 6.42. The molecule has 1 aliphatic heterocycles. The zero-order valence-electron chi connectivity index (χ0n) is 12.9. The van der Waals surface area contributed by atoms with Gasteiger partial charge < -0.3 is 14.8 Å². The summed E-state index contributed by atoms with van der Waals surface area (Å²) in [7, 11) is 0. The molecule has 1 aliphatic rings. The van der Waals surface area contributed by atoms with Gasteiger partial charge in [0.2, 0.25) is 0 Å². The highest BCUT2D eigenvalue weighted by atomic mass is 19.1. The summed E-state index contributed by atoms with van der Waals surface area (Å²) in [6.45, 7) is 9.50. The molecular weight excluding hydrogens is 271 g/mol. The predicted octanol–water partition coefficient (Wildman–Crippen LogP) is 2.03. The minimum Gasteiger partial charge on any atom is -0.487 e. The number of halogens is 1. The van der Waals surface area contributed by atoms with Crippen molar-refractivity contribution in [3.05, 3.63) is 29.6 Å². The molecule has 118 valence electrons. The lowest BCUT2D eigenvalue weighted by atomic mass is 10.2. The highest BCUT2D eigenvalue weighted by Crippen LogP contribution is 2.23. The number of para-hydroxylation sites is 1. The van der Waals surface area contributed by atoms with Gasteiger partial charge in [-0.05, 0) is 19.2 Å². The molecule has 2 rings (SSSR count). The maximum atomic E-state index is 14.0. The van der Waals surface area contributed by atoms with Gasteiger partial charge in [-0.15, -0.1) is 0 Å². The lowest BCUT2D eigenvalue weighted by Gasteiger charge is -2.32. The highest BCUT2D eigenvalue weighted by Gasteiger charge is 2.21. The van der Waals surface area contributed by atoms with Crippen LogP contribution in [0.1, 0.15) is 19.4 Å². The number of nitrogens with zero attached hydrogens (tertiary/aromatic N) is 1. The third kappa shape index (κ3) is 4.66. The predicted molar refractivity (Wildman–Crippen MR) is 81.1 cm³/mol. The van der Waals surface area contributed by atoms with E-state index in [1.807, 2.05) is 13.0 Å². The zero-order valence-corrected chi connectivity index (χ0v) is 12.9. The Hall–Kier alpha value is -1.17. The van der Waals surface area contributed by atoms with E-state index < -0.39 is 0 Å². The molecule has 0 bridgehead atoms. The first-order valence-electron chi connectivity index (χ1n) is 7.69. The van der Waals surface area contributed by atoms with Gasteiger partial charge in [0.15, 0.2) is 11.6 Å². The largest absolute Gasteiger partial charge is 0.487 e. The van der Waals surface area contributed by atoms with Gasteiger partial charge in [-0.3, -0.25) is 4.90 Å². The first kappa shape index (κ1) is 16.2. The lowest BCUT2D eigenvalue weighted by molar-refractivity contribution is -0.0469. The number of morpholine rings is 1. The van der Waals surface area contributed by atoms with Crippen LogP contribution in [0.2, 0.25) is 0 Å². The van der Waals surface area contributed by atoms with E-state index in [1.54, 1.807) is 6.07 Å². The van der Waals surface area contributed by atoms with E-state index in [-0.39, 0.29) is 11.9 Å². The van der Waals surface area contributed by atoms with Gasteiger partial charge in [0.1, 0.15) is 12.7 Å². The van der Waals surface area contributed by atoms with Crippen molar-refractivity contribution in [2.24, 2.45) is 0 Å². The second kappa shape index (κ2) is 8.32. The summed E-state index contributed by atoms with van der Waals surface area (Å²) in [4.78, 5) is 2.32. The minimum absolute atomic E-state index is 0.00490. The molecule has 1 unspecified atom stereocenters.